The van der Waals surface area contributed by atoms with Crippen LogP contribution in [0, 0.1) is 0 Å². The molecular formula is C6H7ClNO5+. The number of halogens is 1. The molecule has 0 atom stereocenters. The molecule has 0 aromatic heterocycles. The van der Waals surface area contributed by atoms with Gasteiger partial charge in [-0.3, -0.25) is 0 Å². The molecule has 1 aliphatic heterocycles. The van der Waals surface area contributed by atoms with Gasteiger partial charge in [0.05, 0.1) is 12.8 Å². The molecular weight excluding hydrogens is 202 g/mol. The summed E-state index contributed by atoms with van der Waals surface area (Å²) in [6.07, 6.45) is -0.268. The zero-order valence-corrected chi connectivity index (χ0v) is 7.28. The summed E-state index contributed by atoms with van der Waals surface area (Å²) in [5.74, 6) is -3.26. The minimum absolute atomic E-state index is 0.134. The first-order valence-corrected chi connectivity index (χ1v) is 4.01. The maximum Gasteiger partial charge on any atom is 0.397 e. The van der Waals surface area contributed by atoms with Crippen molar-refractivity contribution in [3.8, 4) is 0 Å². The molecule has 1 fully saturated rings. The van der Waals surface area contributed by atoms with E-state index in [9.17, 15) is 19.6 Å². The largest absolute Gasteiger partial charge is 0.397 e. The van der Waals surface area contributed by atoms with Crippen LogP contribution < -0.4 is 0 Å². The third kappa shape index (κ3) is 1.69. The van der Waals surface area contributed by atoms with Gasteiger partial charge in [0, 0.05) is 0 Å². The van der Waals surface area contributed by atoms with Gasteiger partial charge in [0.15, 0.2) is 0 Å². The molecule has 7 heteroatoms. The molecule has 1 heterocycles. The molecule has 0 radical (unpaired) electrons. The van der Waals surface area contributed by atoms with Gasteiger partial charge in [-0.2, -0.15) is 5.21 Å². The standard InChI is InChI=1S/C6H7ClNO5/c7-3-6(11)13-8(12)4(9)1-2-5(8)10/h12H,1-3H2/q+1. The molecule has 0 unspecified atom stereocenters. The Kier molecular flexibility index (Phi) is 2.65. The summed E-state index contributed by atoms with van der Waals surface area (Å²) in [7, 11) is 0. The van der Waals surface area contributed by atoms with Crippen molar-refractivity contribution in [2.45, 2.75) is 12.8 Å². The highest BCUT2D eigenvalue weighted by atomic mass is 35.5. The second kappa shape index (κ2) is 3.41. The Balaban J connectivity index is 2.79. The summed E-state index contributed by atoms with van der Waals surface area (Å²) in [6.45, 7) is 0. The van der Waals surface area contributed by atoms with Crippen molar-refractivity contribution in [1.82, 2.24) is 0 Å². The lowest BCUT2D eigenvalue weighted by molar-refractivity contribution is -1.12. The smallest absolute Gasteiger partial charge is 0.244 e. The molecule has 0 aromatic rings. The third-order valence-corrected chi connectivity index (χ3v) is 1.79. The second-order valence-corrected chi connectivity index (χ2v) is 2.73. The van der Waals surface area contributed by atoms with E-state index in [1.807, 2.05) is 0 Å². The Bertz CT molecular complexity index is 260. The van der Waals surface area contributed by atoms with Gasteiger partial charge in [0.1, 0.15) is 10.7 Å². The van der Waals surface area contributed by atoms with Crippen LogP contribution in [0.2, 0.25) is 0 Å². The zero-order valence-electron chi connectivity index (χ0n) is 6.53. The maximum absolute atomic E-state index is 10.9. The topological polar surface area (TPSA) is 80.7 Å². The van der Waals surface area contributed by atoms with Gasteiger partial charge in [-0.1, -0.05) is 0 Å². The summed E-state index contributed by atoms with van der Waals surface area (Å²) in [5.41, 5.74) is 0. The Morgan fingerprint density at radius 1 is 1.46 bits per heavy atom. The number of hydrogen-bond donors (Lipinski definition) is 1. The minimum Gasteiger partial charge on any atom is -0.244 e. The van der Waals surface area contributed by atoms with E-state index in [0.29, 0.717) is 0 Å². The number of hydroxylamine groups is 4. The monoisotopic (exact) mass is 208 g/mol. The Labute approximate surface area is 78.1 Å². The summed E-state index contributed by atoms with van der Waals surface area (Å²) < 4.78 is 0. The van der Waals surface area contributed by atoms with Crippen molar-refractivity contribution < 1.29 is 29.2 Å². The van der Waals surface area contributed by atoms with Gasteiger partial charge >= 0.3 is 17.8 Å². The fourth-order valence-electron chi connectivity index (χ4n) is 0.930. The lowest BCUT2D eigenvalue weighted by atomic mass is 10.4. The highest BCUT2D eigenvalue weighted by Gasteiger charge is 2.55. The van der Waals surface area contributed by atoms with Gasteiger partial charge in [-0.15, -0.1) is 11.6 Å². The third-order valence-electron chi connectivity index (χ3n) is 1.57. The van der Waals surface area contributed by atoms with E-state index in [1.165, 1.54) is 0 Å². The first-order valence-electron chi connectivity index (χ1n) is 3.47. The number of amides is 2. The first kappa shape index (κ1) is 10.1. The van der Waals surface area contributed by atoms with Crippen molar-refractivity contribution in [1.29, 1.82) is 0 Å². The number of alkyl halides is 1. The van der Waals surface area contributed by atoms with E-state index in [-0.39, 0.29) is 12.8 Å². The van der Waals surface area contributed by atoms with E-state index < -0.39 is 28.5 Å². The predicted molar refractivity (Wildman–Crippen MR) is 38.1 cm³/mol. The molecule has 2 amide bonds. The van der Waals surface area contributed by atoms with Gasteiger partial charge < -0.3 is 0 Å². The molecule has 1 rings (SSSR count). The van der Waals surface area contributed by atoms with Crippen LogP contribution in [0.3, 0.4) is 0 Å². The van der Waals surface area contributed by atoms with Crippen molar-refractivity contribution in [2.75, 3.05) is 5.88 Å². The van der Waals surface area contributed by atoms with Crippen LogP contribution in [0.25, 0.3) is 0 Å². The maximum atomic E-state index is 10.9. The summed E-state index contributed by atoms with van der Waals surface area (Å²) in [4.78, 5) is 34.8. The molecule has 1 aliphatic rings. The number of imide groups is 1. The van der Waals surface area contributed by atoms with Gasteiger partial charge in [0.2, 0.25) is 0 Å². The van der Waals surface area contributed by atoms with E-state index in [1.54, 1.807) is 0 Å². The molecule has 13 heavy (non-hydrogen) atoms. The molecule has 1 N–H and O–H groups in total. The Morgan fingerprint density at radius 3 is 2.31 bits per heavy atom. The molecule has 6 nitrogen and oxygen atoms in total. The zero-order chi connectivity index (χ0) is 10.1. The number of quaternary nitrogens is 1. The molecule has 0 spiro atoms. The van der Waals surface area contributed by atoms with Crippen LogP contribution >= 0.6 is 11.6 Å². The fraction of sp³-hybridized carbons (Fsp3) is 0.500. The fourth-order valence-corrected chi connectivity index (χ4v) is 0.978. The first-order chi connectivity index (χ1) is 6.00. The predicted octanol–water partition coefficient (Wildman–Crippen LogP) is -0.264. The number of carbonyl (C=O) groups is 3. The average molecular weight is 209 g/mol. The second-order valence-electron chi connectivity index (χ2n) is 2.46. The minimum atomic E-state index is -1.90. The molecule has 0 aliphatic carbocycles. The van der Waals surface area contributed by atoms with Crippen LogP contribution in [0.5, 0.6) is 0 Å². The summed E-state index contributed by atoms with van der Waals surface area (Å²) in [6, 6.07) is 0. The SMILES string of the molecule is O=C(CCl)O[N+]1(O)C(=O)CCC1=O. The molecule has 72 valence electrons. The summed E-state index contributed by atoms with van der Waals surface area (Å²) >= 11 is 5.07. The average Bonchev–Trinajstić information content (AvgIpc) is 2.33. The normalized spacial score (nSPS) is 20.5. The van der Waals surface area contributed by atoms with Crippen molar-refractivity contribution in [2.24, 2.45) is 0 Å². The van der Waals surface area contributed by atoms with E-state index >= 15 is 0 Å². The van der Waals surface area contributed by atoms with E-state index in [4.69, 9.17) is 11.6 Å². The van der Waals surface area contributed by atoms with Gasteiger partial charge in [-0.05, 0) is 0 Å². The Morgan fingerprint density at radius 2 is 1.92 bits per heavy atom. The van der Waals surface area contributed by atoms with E-state index in [2.05, 4.69) is 4.84 Å². The van der Waals surface area contributed by atoms with Crippen LogP contribution in [-0.4, -0.2) is 33.7 Å². The highest BCUT2D eigenvalue weighted by molar-refractivity contribution is 6.26. The van der Waals surface area contributed by atoms with Crippen LogP contribution in [-0.2, 0) is 19.2 Å². The number of hydrogen-bond acceptors (Lipinski definition) is 5. The van der Waals surface area contributed by atoms with Crippen molar-refractivity contribution in [3.05, 3.63) is 0 Å². The van der Waals surface area contributed by atoms with Gasteiger partial charge in [-0.25, -0.2) is 19.2 Å². The number of rotatable bonds is 2. The van der Waals surface area contributed by atoms with Crippen LogP contribution in [0.4, 0.5) is 0 Å². The lowest BCUT2D eigenvalue weighted by Gasteiger charge is -2.14. The van der Waals surface area contributed by atoms with E-state index in [0.717, 1.165) is 0 Å². The number of carbonyl (C=O) groups excluding carboxylic acids is 3. The van der Waals surface area contributed by atoms with Crippen molar-refractivity contribution >= 4 is 29.4 Å². The van der Waals surface area contributed by atoms with Crippen molar-refractivity contribution in [3.63, 3.8) is 0 Å². The molecule has 1 saturated heterocycles. The highest BCUT2D eigenvalue weighted by Crippen LogP contribution is 2.20. The summed E-state index contributed by atoms with van der Waals surface area (Å²) in [5, 5.41) is 9.27. The van der Waals surface area contributed by atoms with Crippen LogP contribution in [0.1, 0.15) is 12.8 Å². The van der Waals surface area contributed by atoms with Gasteiger partial charge in [0.25, 0.3) is 0 Å². The van der Waals surface area contributed by atoms with Crippen LogP contribution in [0.15, 0.2) is 0 Å². The quantitative estimate of drug-likeness (QED) is 0.293. The number of nitrogens with zero attached hydrogens (tertiary/aromatic N) is 1. The lowest BCUT2D eigenvalue weighted by Crippen LogP contribution is -2.50. The molecule has 0 saturated carbocycles. The molecule has 0 bridgehead atoms. The Hall–Kier alpha value is -0.980. The molecule has 0 aromatic carbocycles.